The van der Waals surface area contributed by atoms with Crippen LogP contribution in [0.25, 0.3) is 0 Å². The third-order valence-electron chi connectivity index (χ3n) is 2.23. The van der Waals surface area contributed by atoms with E-state index in [1.165, 1.54) is 36.0 Å². The zero-order chi connectivity index (χ0) is 13.1. The number of carbonyl (C=O) groups is 1. The molecule has 2 rings (SSSR count). The predicted octanol–water partition coefficient (Wildman–Crippen LogP) is 4.02. The van der Waals surface area contributed by atoms with Crippen molar-refractivity contribution < 1.29 is 18.7 Å². The van der Waals surface area contributed by atoms with Crippen molar-refractivity contribution in [3.63, 3.8) is 0 Å². The Morgan fingerprint density at radius 1 is 1.33 bits per heavy atom. The summed E-state index contributed by atoms with van der Waals surface area (Å²) in [5.41, 5.74) is 0.00516. The quantitative estimate of drug-likeness (QED) is 0.863. The second kappa shape index (κ2) is 5.49. The maximum Gasteiger partial charge on any atom is 0.345 e. The minimum atomic E-state index is -0.996. The SMILES string of the molecule is O=C(O)c1cc(SCc2c(F)cccc2F)cs1. The zero-order valence-electron chi connectivity index (χ0n) is 9.02. The normalized spacial score (nSPS) is 10.6. The van der Waals surface area contributed by atoms with Crippen LogP contribution in [-0.4, -0.2) is 11.1 Å². The van der Waals surface area contributed by atoms with Crippen LogP contribution in [0.4, 0.5) is 8.78 Å². The van der Waals surface area contributed by atoms with Crippen LogP contribution in [0.1, 0.15) is 15.2 Å². The topological polar surface area (TPSA) is 37.3 Å². The minimum absolute atomic E-state index is 0.00516. The van der Waals surface area contributed by atoms with Crippen molar-refractivity contribution in [1.82, 2.24) is 0 Å². The van der Waals surface area contributed by atoms with Gasteiger partial charge in [0.25, 0.3) is 0 Å². The number of hydrogen-bond acceptors (Lipinski definition) is 3. The molecule has 2 nitrogen and oxygen atoms in total. The molecule has 0 saturated carbocycles. The summed E-state index contributed by atoms with van der Waals surface area (Å²) in [7, 11) is 0. The maximum atomic E-state index is 13.3. The number of benzene rings is 1. The molecule has 1 heterocycles. The molecule has 0 amide bonds. The molecule has 1 N–H and O–H groups in total. The lowest BCUT2D eigenvalue weighted by molar-refractivity contribution is 0.0702. The number of carboxylic acid groups (broad SMARTS) is 1. The van der Waals surface area contributed by atoms with E-state index in [1.807, 2.05) is 0 Å². The average molecular weight is 286 g/mol. The Kier molecular flexibility index (Phi) is 3.98. The summed E-state index contributed by atoms with van der Waals surface area (Å²) in [4.78, 5) is 11.6. The van der Waals surface area contributed by atoms with Crippen LogP contribution >= 0.6 is 23.1 Å². The fourth-order valence-corrected chi connectivity index (χ4v) is 3.22. The highest BCUT2D eigenvalue weighted by Crippen LogP contribution is 2.29. The molecule has 0 atom stereocenters. The Bertz CT molecular complexity index is 561. The van der Waals surface area contributed by atoms with Crippen LogP contribution in [-0.2, 0) is 5.75 Å². The first kappa shape index (κ1) is 13.0. The van der Waals surface area contributed by atoms with Gasteiger partial charge in [-0.1, -0.05) is 6.07 Å². The zero-order valence-corrected chi connectivity index (χ0v) is 10.7. The summed E-state index contributed by atoms with van der Waals surface area (Å²) in [6.45, 7) is 0. The van der Waals surface area contributed by atoms with E-state index in [-0.39, 0.29) is 16.2 Å². The minimum Gasteiger partial charge on any atom is -0.477 e. The van der Waals surface area contributed by atoms with Gasteiger partial charge in [-0.2, -0.15) is 0 Å². The number of thiophene rings is 1. The van der Waals surface area contributed by atoms with Crippen molar-refractivity contribution in [3.05, 3.63) is 51.7 Å². The van der Waals surface area contributed by atoms with Gasteiger partial charge in [0.05, 0.1) is 0 Å². The van der Waals surface area contributed by atoms with Gasteiger partial charge in [0, 0.05) is 21.6 Å². The number of hydrogen-bond donors (Lipinski definition) is 1. The van der Waals surface area contributed by atoms with Crippen LogP contribution in [0.3, 0.4) is 0 Å². The average Bonchev–Trinajstić information content (AvgIpc) is 2.77. The molecule has 1 aromatic carbocycles. The van der Waals surface area contributed by atoms with E-state index >= 15 is 0 Å². The van der Waals surface area contributed by atoms with E-state index in [2.05, 4.69) is 0 Å². The Morgan fingerprint density at radius 2 is 2.00 bits per heavy atom. The smallest absolute Gasteiger partial charge is 0.345 e. The van der Waals surface area contributed by atoms with Crippen LogP contribution in [0.5, 0.6) is 0 Å². The fourth-order valence-electron chi connectivity index (χ4n) is 1.33. The first-order valence-corrected chi connectivity index (χ1v) is 6.82. The molecule has 0 spiro atoms. The number of aromatic carboxylic acids is 1. The van der Waals surface area contributed by atoms with Gasteiger partial charge in [-0.15, -0.1) is 23.1 Å². The number of thioether (sulfide) groups is 1. The summed E-state index contributed by atoms with van der Waals surface area (Å²) in [5.74, 6) is -2.04. The summed E-state index contributed by atoms with van der Waals surface area (Å²) < 4.78 is 26.7. The molecule has 0 unspecified atom stereocenters. The molecule has 0 aliphatic rings. The third kappa shape index (κ3) is 2.88. The van der Waals surface area contributed by atoms with Gasteiger partial charge >= 0.3 is 5.97 Å². The van der Waals surface area contributed by atoms with Crippen molar-refractivity contribution in [1.29, 1.82) is 0 Å². The van der Waals surface area contributed by atoms with Crippen molar-refractivity contribution in [2.75, 3.05) is 0 Å². The van der Waals surface area contributed by atoms with Gasteiger partial charge < -0.3 is 5.11 Å². The standard InChI is InChI=1S/C12H8F2O2S2/c13-9-2-1-3-10(14)8(9)6-17-7-4-11(12(15)16)18-5-7/h1-5H,6H2,(H,15,16). The Hall–Kier alpha value is -1.40. The van der Waals surface area contributed by atoms with Gasteiger partial charge in [0.1, 0.15) is 16.5 Å². The van der Waals surface area contributed by atoms with Crippen molar-refractivity contribution in [2.24, 2.45) is 0 Å². The van der Waals surface area contributed by atoms with Crippen LogP contribution < -0.4 is 0 Å². The largest absolute Gasteiger partial charge is 0.477 e. The molecule has 6 heteroatoms. The second-order valence-electron chi connectivity index (χ2n) is 3.44. The Balaban J connectivity index is 2.09. The molecule has 0 aliphatic carbocycles. The van der Waals surface area contributed by atoms with Gasteiger partial charge in [-0.05, 0) is 18.2 Å². The summed E-state index contributed by atoms with van der Waals surface area (Å²) in [6.07, 6.45) is 0. The lowest BCUT2D eigenvalue weighted by atomic mass is 10.2. The lowest BCUT2D eigenvalue weighted by Gasteiger charge is -2.03. The molecule has 0 saturated heterocycles. The molecule has 1 aromatic heterocycles. The maximum absolute atomic E-state index is 13.3. The first-order chi connectivity index (χ1) is 8.58. The van der Waals surface area contributed by atoms with E-state index in [0.717, 1.165) is 11.3 Å². The molecule has 0 bridgehead atoms. The highest BCUT2D eigenvalue weighted by molar-refractivity contribution is 7.98. The van der Waals surface area contributed by atoms with E-state index in [9.17, 15) is 13.6 Å². The molecular weight excluding hydrogens is 278 g/mol. The molecule has 18 heavy (non-hydrogen) atoms. The molecule has 2 aromatic rings. The number of carboxylic acids is 1. The molecule has 94 valence electrons. The molecule has 0 fully saturated rings. The number of halogens is 2. The molecular formula is C12H8F2O2S2. The second-order valence-corrected chi connectivity index (χ2v) is 5.40. The Morgan fingerprint density at radius 3 is 2.56 bits per heavy atom. The lowest BCUT2D eigenvalue weighted by Crippen LogP contribution is -1.92. The van der Waals surface area contributed by atoms with Gasteiger partial charge in [0.2, 0.25) is 0 Å². The van der Waals surface area contributed by atoms with Crippen molar-refractivity contribution in [3.8, 4) is 0 Å². The highest BCUT2D eigenvalue weighted by atomic mass is 32.2. The summed E-state index contributed by atoms with van der Waals surface area (Å²) in [6, 6.07) is 5.22. The molecule has 0 radical (unpaired) electrons. The van der Waals surface area contributed by atoms with E-state index in [0.29, 0.717) is 4.90 Å². The van der Waals surface area contributed by atoms with E-state index in [1.54, 1.807) is 5.38 Å². The monoisotopic (exact) mass is 286 g/mol. The van der Waals surface area contributed by atoms with Gasteiger partial charge in [-0.3, -0.25) is 0 Å². The fraction of sp³-hybridized carbons (Fsp3) is 0.0833. The summed E-state index contributed by atoms with van der Waals surface area (Å²) >= 11 is 2.30. The van der Waals surface area contributed by atoms with E-state index in [4.69, 9.17) is 5.11 Å². The van der Waals surface area contributed by atoms with E-state index < -0.39 is 17.6 Å². The van der Waals surface area contributed by atoms with Crippen molar-refractivity contribution >= 4 is 29.1 Å². The first-order valence-electron chi connectivity index (χ1n) is 4.95. The number of rotatable bonds is 4. The van der Waals surface area contributed by atoms with Crippen molar-refractivity contribution in [2.45, 2.75) is 10.6 Å². The summed E-state index contributed by atoms with van der Waals surface area (Å²) in [5, 5.41) is 10.4. The third-order valence-corrected chi connectivity index (χ3v) is 4.30. The van der Waals surface area contributed by atoms with Gasteiger partial charge in [-0.25, -0.2) is 13.6 Å². The predicted molar refractivity (Wildman–Crippen MR) is 67.2 cm³/mol. The van der Waals surface area contributed by atoms with Crippen LogP contribution in [0.15, 0.2) is 34.5 Å². The van der Waals surface area contributed by atoms with Gasteiger partial charge in [0.15, 0.2) is 0 Å². The van der Waals surface area contributed by atoms with Crippen LogP contribution in [0.2, 0.25) is 0 Å². The molecule has 0 aliphatic heterocycles. The van der Waals surface area contributed by atoms with Crippen LogP contribution in [0, 0.1) is 11.6 Å². The highest BCUT2D eigenvalue weighted by Gasteiger charge is 2.11. The Labute approximate surface area is 110 Å².